The Bertz CT molecular complexity index is 976. The molecule has 4 rings (SSSR count). The number of benzene rings is 2. The third kappa shape index (κ3) is 3.81. The molecule has 0 saturated carbocycles. The number of aryl methyl sites for hydroxylation is 3. The van der Waals surface area contributed by atoms with Crippen LogP contribution >= 0.6 is 0 Å². The molecule has 0 unspecified atom stereocenters. The molecule has 5 heteroatoms. The van der Waals surface area contributed by atoms with E-state index in [0.717, 1.165) is 24.3 Å². The van der Waals surface area contributed by atoms with Crippen LogP contribution in [0.1, 0.15) is 28.7 Å². The standard InChI is InChI=1S/C25H31N3O2/c1-17-8-9-22(14-19(17)3)28-16-21(15-24(28)29)25(30)27-12-10-26(11-13-27)23-7-5-6-18(2)20(23)4/h5-9,14,21H,10-13,15-16H2,1-4H3/t21-/m0/s1. The molecular weight excluding hydrogens is 374 g/mol. The lowest BCUT2D eigenvalue weighted by Crippen LogP contribution is -2.51. The number of amides is 2. The molecule has 0 bridgehead atoms. The second-order valence-electron chi connectivity index (χ2n) is 8.71. The molecule has 0 aromatic heterocycles. The summed E-state index contributed by atoms with van der Waals surface area (Å²) in [5, 5.41) is 0. The summed E-state index contributed by atoms with van der Waals surface area (Å²) < 4.78 is 0. The second kappa shape index (κ2) is 8.13. The number of anilines is 2. The smallest absolute Gasteiger partial charge is 0.228 e. The molecule has 2 aliphatic heterocycles. The van der Waals surface area contributed by atoms with Crippen molar-refractivity contribution in [2.75, 3.05) is 42.5 Å². The maximum Gasteiger partial charge on any atom is 0.228 e. The number of hydrogen-bond donors (Lipinski definition) is 0. The highest BCUT2D eigenvalue weighted by atomic mass is 16.2. The van der Waals surface area contributed by atoms with Crippen molar-refractivity contribution in [3.63, 3.8) is 0 Å². The fourth-order valence-electron chi connectivity index (χ4n) is 4.52. The molecule has 30 heavy (non-hydrogen) atoms. The Morgan fingerprint density at radius 2 is 1.63 bits per heavy atom. The highest BCUT2D eigenvalue weighted by Gasteiger charge is 2.38. The maximum absolute atomic E-state index is 13.1. The number of nitrogens with zero attached hydrogens (tertiary/aromatic N) is 3. The van der Waals surface area contributed by atoms with Gasteiger partial charge in [0, 0.05) is 50.5 Å². The molecule has 2 heterocycles. The molecule has 5 nitrogen and oxygen atoms in total. The van der Waals surface area contributed by atoms with E-state index in [9.17, 15) is 9.59 Å². The predicted octanol–water partition coefficient (Wildman–Crippen LogP) is 3.62. The number of carbonyl (C=O) groups is 2. The van der Waals surface area contributed by atoms with Crippen molar-refractivity contribution in [2.24, 2.45) is 5.92 Å². The van der Waals surface area contributed by atoms with E-state index in [-0.39, 0.29) is 17.7 Å². The molecule has 2 fully saturated rings. The van der Waals surface area contributed by atoms with Crippen LogP contribution in [0.2, 0.25) is 0 Å². The molecule has 158 valence electrons. The van der Waals surface area contributed by atoms with Crippen molar-refractivity contribution in [1.29, 1.82) is 0 Å². The first-order valence-corrected chi connectivity index (χ1v) is 10.8. The van der Waals surface area contributed by atoms with Gasteiger partial charge in [-0.2, -0.15) is 0 Å². The molecule has 0 spiro atoms. The van der Waals surface area contributed by atoms with Crippen molar-refractivity contribution in [3.05, 3.63) is 58.7 Å². The minimum Gasteiger partial charge on any atom is -0.368 e. The van der Waals surface area contributed by atoms with E-state index in [1.54, 1.807) is 4.90 Å². The van der Waals surface area contributed by atoms with Gasteiger partial charge >= 0.3 is 0 Å². The van der Waals surface area contributed by atoms with Crippen LogP contribution < -0.4 is 9.80 Å². The van der Waals surface area contributed by atoms with Crippen LogP contribution in [-0.2, 0) is 9.59 Å². The van der Waals surface area contributed by atoms with Gasteiger partial charge in [-0.25, -0.2) is 0 Å². The monoisotopic (exact) mass is 405 g/mol. The summed E-state index contributed by atoms with van der Waals surface area (Å²) in [6, 6.07) is 12.5. The molecule has 0 radical (unpaired) electrons. The van der Waals surface area contributed by atoms with Crippen molar-refractivity contribution < 1.29 is 9.59 Å². The highest BCUT2D eigenvalue weighted by Crippen LogP contribution is 2.29. The Kier molecular flexibility index (Phi) is 5.54. The molecule has 2 aromatic carbocycles. The van der Waals surface area contributed by atoms with Gasteiger partial charge in [0.2, 0.25) is 11.8 Å². The van der Waals surface area contributed by atoms with Gasteiger partial charge in [-0.05, 0) is 68.1 Å². The molecular formula is C25H31N3O2. The van der Waals surface area contributed by atoms with E-state index >= 15 is 0 Å². The van der Waals surface area contributed by atoms with Crippen molar-refractivity contribution in [3.8, 4) is 0 Å². The molecule has 2 saturated heterocycles. The Hall–Kier alpha value is -2.82. The van der Waals surface area contributed by atoms with Gasteiger partial charge in [0.1, 0.15) is 0 Å². The normalized spacial score (nSPS) is 19.5. The zero-order valence-electron chi connectivity index (χ0n) is 18.4. The van der Waals surface area contributed by atoms with Gasteiger partial charge in [0.25, 0.3) is 0 Å². The van der Waals surface area contributed by atoms with Gasteiger partial charge in [0.05, 0.1) is 5.92 Å². The molecule has 2 aromatic rings. The summed E-state index contributed by atoms with van der Waals surface area (Å²) in [7, 11) is 0. The minimum absolute atomic E-state index is 0.0469. The molecule has 1 atom stereocenters. The summed E-state index contributed by atoms with van der Waals surface area (Å²) >= 11 is 0. The van der Waals surface area contributed by atoms with Crippen molar-refractivity contribution in [2.45, 2.75) is 34.1 Å². The summed E-state index contributed by atoms with van der Waals surface area (Å²) in [6.07, 6.45) is 0.308. The van der Waals surface area contributed by atoms with Crippen LogP contribution in [0.5, 0.6) is 0 Å². The van der Waals surface area contributed by atoms with Crippen molar-refractivity contribution >= 4 is 23.2 Å². The van der Waals surface area contributed by atoms with E-state index in [2.05, 4.69) is 50.8 Å². The van der Waals surface area contributed by atoms with Gasteiger partial charge in [-0.3, -0.25) is 9.59 Å². The van der Waals surface area contributed by atoms with E-state index < -0.39 is 0 Å². The lowest BCUT2D eigenvalue weighted by Gasteiger charge is -2.38. The third-order valence-corrected chi connectivity index (χ3v) is 6.78. The van der Waals surface area contributed by atoms with Crippen LogP contribution in [0.25, 0.3) is 0 Å². The Morgan fingerprint density at radius 1 is 0.900 bits per heavy atom. The number of piperazine rings is 1. The van der Waals surface area contributed by atoms with Crippen LogP contribution in [0.3, 0.4) is 0 Å². The Morgan fingerprint density at radius 3 is 2.33 bits per heavy atom. The summed E-state index contributed by atoms with van der Waals surface area (Å²) in [5.74, 6) is -0.0766. The largest absolute Gasteiger partial charge is 0.368 e. The maximum atomic E-state index is 13.1. The van der Waals surface area contributed by atoms with Crippen LogP contribution in [0, 0.1) is 33.6 Å². The third-order valence-electron chi connectivity index (χ3n) is 6.78. The van der Waals surface area contributed by atoms with Gasteiger partial charge in [0.15, 0.2) is 0 Å². The van der Waals surface area contributed by atoms with Gasteiger partial charge in [-0.15, -0.1) is 0 Å². The zero-order chi connectivity index (χ0) is 21.4. The van der Waals surface area contributed by atoms with Crippen LogP contribution in [0.15, 0.2) is 36.4 Å². The van der Waals surface area contributed by atoms with Crippen molar-refractivity contribution in [1.82, 2.24) is 4.90 Å². The molecule has 2 amide bonds. The molecule has 0 aliphatic carbocycles. The first-order chi connectivity index (χ1) is 14.3. The second-order valence-corrected chi connectivity index (χ2v) is 8.71. The van der Waals surface area contributed by atoms with E-state index in [4.69, 9.17) is 0 Å². The lowest BCUT2D eigenvalue weighted by molar-refractivity contribution is -0.136. The Balaban J connectivity index is 1.39. The SMILES string of the molecule is Cc1ccc(N2C[C@@H](C(=O)N3CCN(c4cccc(C)c4C)CC3)CC2=O)cc1C. The number of rotatable bonds is 3. The fourth-order valence-corrected chi connectivity index (χ4v) is 4.52. The lowest BCUT2D eigenvalue weighted by atomic mass is 10.0. The highest BCUT2D eigenvalue weighted by molar-refractivity contribution is 6.00. The Labute approximate surface area is 179 Å². The number of hydrogen-bond acceptors (Lipinski definition) is 3. The van der Waals surface area contributed by atoms with E-state index in [1.807, 2.05) is 23.1 Å². The summed E-state index contributed by atoms with van der Waals surface area (Å²) in [6.45, 7) is 12.0. The quantitative estimate of drug-likeness (QED) is 0.783. The average Bonchev–Trinajstić information content (AvgIpc) is 3.13. The van der Waals surface area contributed by atoms with E-state index in [1.165, 1.54) is 22.4 Å². The fraction of sp³-hybridized carbons (Fsp3) is 0.440. The predicted molar refractivity (Wildman–Crippen MR) is 121 cm³/mol. The van der Waals surface area contributed by atoms with Crippen LogP contribution in [-0.4, -0.2) is 49.4 Å². The summed E-state index contributed by atoms with van der Waals surface area (Å²) in [5.41, 5.74) is 7.14. The topological polar surface area (TPSA) is 43.9 Å². The molecule has 0 N–H and O–H groups in total. The number of carbonyl (C=O) groups excluding carboxylic acids is 2. The van der Waals surface area contributed by atoms with E-state index in [0.29, 0.717) is 26.1 Å². The first-order valence-electron chi connectivity index (χ1n) is 10.8. The van der Waals surface area contributed by atoms with Gasteiger partial charge < -0.3 is 14.7 Å². The average molecular weight is 406 g/mol. The zero-order valence-corrected chi connectivity index (χ0v) is 18.4. The molecule has 2 aliphatic rings. The van der Waals surface area contributed by atoms with Gasteiger partial charge in [-0.1, -0.05) is 18.2 Å². The summed E-state index contributed by atoms with van der Waals surface area (Å²) in [4.78, 5) is 31.9. The van der Waals surface area contributed by atoms with Crippen LogP contribution in [0.4, 0.5) is 11.4 Å². The first kappa shape index (κ1) is 20.5. The minimum atomic E-state index is -0.244.